The molecule has 1 atom stereocenters. The van der Waals surface area contributed by atoms with Crippen LogP contribution in [0, 0.1) is 11.3 Å². The summed E-state index contributed by atoms with van der Waals surface area (Å²) in [5.41, 5.74) is 5.28. The number of hydrogen-bond acceptors (Lipinski definition) is 3. The van der Waals surface area contributed by atoms with Crippen LogP contribution in [0.5, 0.6) is 0 Å². The molecule has 0 spiro atoms. The average Bonchev–Trinajstić information content (AvgIpc) is 2.27. The van der Waals surface area contributed by atoms with Crippen molar-refractivity contribution in [2.45, 2.75) is 26.2 Å². The Labute approximate surface area is 96.9 Å². The molecule has 0 aromatic rings. The number of nitrogens with two attached hydrogens (primary N) is 1. The summed E-state index contributed by atoms with van der Waals surface area (Å²) in [6, 6.07) is 0. The van der Waals surface area contributed by atoms with E-state index in [0.717, 1.165) is 19.3 Å². The highest BCUT2D eigenvalue weighted by Crippen LogP contribution is 2.11. The van der Waals surface area contributed by atoms with Crippen molar-refractivity contribution in [2.24, 2.45) is 11.7 Å². The van der Waals surface area contributed by atoms with E-state index in [1.165, 1.54) is 4.31 Å². The number of piperidine rings is 1. The maximum Gasteiger partial charge on any atom is 0.279 e. The lowest BCUT2D eigenvalue weighted by Crippen LogP contribution is -2.45. The number of rotatable bonds is 5. The van der Waals surface area contributed by atoms with Gasteiger partial charge in [0, 0.05) is 25.6 Å². The lowest BCUT2D eigenvalue weighted by atomic mass is 10.2. The van der Waals surface area contributed by atoms with Gasteiger partial charge in [0.05, 0.1) is 5.84 Å². The third kappa shape index (κ3) is 3.73. The Morgan fingerprint density at radius 2 is 2.00 bits per heavy atom. The van der Waals surface area contributed by atoms with Crippen LogP contribution in [-0.2, 0) is 10.2 Å². The molecule has 7 heteroatoms. The molecule has 0 aromatic heterocycles. The van der Waals surface area contributed by atoms with Gasteiger partial charge < -0.3 is 5.73 Å². The Kier molecular flexibility index (Phi) is 4.69. The molecule has 0 amide bonds. The van der Waals surface area contributed by atoms with Gasteiger partial charge in [-0.15, -0.1) is 0 Å². The van der Waals surface area contributed by atoms with Crippen molar-refractivity contribution in [3.63, 3.8) is 0 Å². The Bertz CT molecular complexity index is 335. The first-order chi connectivity index (χ1) is 7.43. The largest absolute Gasteiger partial charge is 0.387 e. The van der Waals surface area contributed by atoms with Crippen molar-refractivity contribution in [1.82, 2.24) is 9.03 Å². The fourth-order valence-corrected chi connectivity index (χ4v) is 2.92. The Hall–Kier alpha value is -0.660. The van der Waals surface area contributed by atoms with Gasteiger partial charge in [-0.3, -0.25) is 5.41 Å². The predicted molar refractivity (Wildman–Crippen MR) is 63.4 cm³/mol. The second kappa shape index (κ2) is 5.60. The van der Waals surface area contributed by atoms with Crippen LogP contribution in [0.1, 0.15) is 26.2 Å². The minimum atomic E-state index is -3.38. The zero-order valence-electron chi connectivity index (χ0n) is 9.57. The van der Waals surface area contributed by atoms with E-state index in [-0.39, 0.29) is 18.3 Å². The van der Waals surface area contributed by atoms with Crippen molar-refractivity contribution < 1.29 is 8.42 Å². The van der Waals surface area contributed by atoms with E-state index < -0.39 is 10.2 Å². The summed E-state index contributed by atoms with van der Waals surface area (Å²) in [5, 5.41) is 7.18. The molecule has 0 aromatic carbocycles. The summed E-state index contributed by atoms with van der Waals surface area (Å²) in [4.78, 5) is 0. The molecule has 94 valence electrons. The minimum Gasteiger partial charge on any atom is -0.387 e. The quantitative estimate of drug-likeness (QED) is 0.467. The van der Waals surface area contributed by atoms with Gasteiger partial charge in [0.15, 0.2) is 0 Å². The Morgan fingerprint density at radius 3 is 2.50 bits per heavy atom. The fraction of sp³-hybridized carbons (Fsp3) is 0.889. The van der Waals surface area contributed by atoms with Gasteiger partial charge in [0.1, 0.15) is 0 Å². The molecule has 1 saturated heterocycles. The minimum absolute atomic E-state index is 0.00124. The van der Waals surface area contributed by atoms with Gasteiger partial charge in [-0.2, -0.15) is 12.7 Å². The number of hydrogen-bond donors (Lipinski definition) is 3. The van der Waals surface area contributed by atoms with Crippen LogP contribution in [0.3, 0.4) is 0 Å². The first-order valence-electron chi connectivity index (χ1n) is 5.52. The number of nitrogens with zero attached hydrogens (tertiary/aromatic N) is 1. The molecule has 1 fully saturated rings. The average molecular weight is 248 g/mol. The fourth-order valence-electron chi connectivity index (χ4n) is 1.54. The van der Waals surface area contributed by atoms with E-state index >= 15 is 0 Å². The van der Waals surface area contributed by atoms with Crippen LogP contribution >= 0.6 is 0 Å². The lowest BCUT2D eigenvalue weighted by molar-refractivity contribution is 0.341. The van der Waals surface area contributed by atoms with E-state index in [2.05, 4.69) is 4.72 Å². The predicted octanol–water partition coefficient (Wildman–Crippen LogP) is -0.121. The SMILES string of the molecule is CC(CNS(=O)(=O)N1CCCCC1)C(=N)N. The summed E-state index contributed by atoms with van der Waals surface area (Å²) < 4.78 is 27.6. The van der Waals surface area contributed by atoms with E-state index in [1.807, 2.05) is 0 Å². The zero-order valence-corrected chi connectivity index (χ0v) is 10.4. The molecule has 1 aliphatic rings. The van der Waals surface area contributed by atoms with Crippen molar-refractivity contribution in [3.8, 4) is 0 Å². The van der Waals surface area contributed by atoms with Crippen molar-refractivity contribution in [2.75, 3.05) is 19.6 Å². The summed E-state index contributed by atoms with van der Waals surface area (Å²) in [5.74, 6) is -0.263. The second-order valence-corrected chi connectivity index (χ2v) is 5.92. The van der Waals surface area contributed by atoms with E-state index in [0.29, 0.717) is 13.1 Å². The van der Waals surface area contributed by atoms with Crippen molar-refractivity contribution in [1.29, 1.82) is 5.41 Å². The smallest absolute Gasteiger partial charge is 0.279 e. The maximum atomic E-state index is 11.8. The lowest BCUT2D eigenvalue weighted by Gasteiger charge is -2.26. The van der Waals surface area contributed by atoms with Gasteiger partial charge >= 0.3 is 0 Å². The van der Waals surface area contributed by atoms with Crippen molar-refractivity contribution >= 4 is 16.0 Å². The van der Waals surface area contributed by atoms with E-state index in [4.69, 9.17) is 11.1 Å². The summed E-state index contributed by atoms with van der Waals surface area (Å²) in [6.07, 6.45) is 2.93. The Balaban J connectivity index is 2.47. The molecule has 0 bridgehead atoms. The third-order valence-corrected chi connectivity index (χ3v) is 4.33. The van der Waals surface area contributed by atoms with Crippen molar-refractivity contribution in [3.05, 3.63) is 0 Å². The third-order valence-electron chi connectivity index (χ3n) is 2.76. The standard InChI is InChI=1S/C9H20N4O2S/c1-8(9(10)11)7-12-16(14,15)13-5-3-2-4-6-13/h8,12H,2-7H2,1H3,(H3,10,11). The molecular formula is C9H20N4O2S. The second-order valence-electron chi connectivity index (χ2n) is 4.17. The molecule has 0 radical (unpaired) electrons. The van der Waals surface area contributed by atoms with E-state index in [9.17, 15) is 8.42 Å². The van der Waals surface area contributed by atoms with Crippen LogP contribution in [0.4, 0.5) is 0 Å². The van der Waals surface area contributed by atoms with Gasteiger partial charge in [0.25, 0.3) is 10.2 Å². The Morgan fingerprint density at radius 1 is 1.44 bits per heavy atom. The topological polar surface area (TPSA) is 99.3 Å². The molecule has 0 saturated carbocycles. The summed E-state index contributed by atoms with van der Waals surface area (Å²) in [6.45, 7) is 3.09. The molecule has 4 N–H and O–H groups in total. The first-order valence-corrected chi connectivity index (χ1v) is 6.96. The summed E-state index contributed by atoms with van der Waals surface area (Å²) in [7, 11) is -3.38. The van der Waals surface area contributed by atoms with Gasteiger partial charge in [-0.05, 0) is 12.8 Å². The van der Waals surface area contributed by atoms with Crippen LogP contribution in [0.15, 0.2) is 0 Å². The molecule has 1 unspecified atom stereocenters. The van der Waals surface area contributed by atoms with Crippen LogP contribution < -0.4 is 10.5 Å². The first kappa shape index (κ1) is 13.4. The number of nitrogens with one attached hydrogen (secondary N) is 2. The molecule has 6 nitrogen and oxygen atoms in total. The van der Waals surface area contributed by atoms with Gasteiger partial charge in [-0.25, -0.2) is 4.72 Å². The van der Waals surface area contributed by atoms with E-state index in [1.54, 1.807) is 6.92 Å². The molecule has 1 rings (SSSR count). The van der Waals surface area contributed by atoms with Crippen LogP contribution in [0.2, 0.25) is 0 Å². The zero-order chi connectivity index (χ0) is 12.2. The molecule has 0 aliphatic carbocycles. The molecule has 1 heterocycles. The normalized spacial score (nSPS) is 20.6. The molecule has 16 heavy (non-hydrogen) atoms. The van der Waals surface area contributed by atoms with Gasteiger partial charge in [-0.1, -0.05) is 13.3 Å². The highest BCUT2D eigenvalue weighted by atomic mass is 32.2. The molecular weight excluding hydrogens is 228 g/mol. The number of amidine groups is 1. The highest BCUT2D eigenvalue weighted by Gasteiger charge is 2.23. The van der Waals surface area contributed by atoms with Gasteiger partial charge in [0.2, 0.25) is 0 Å². The molecule has 1 aliphatic heterocycles. The summed E-state index contributed by atoms with van der Waals surface area (Å²) >= 11 is 0. The highest BCUT2D eigenvalue weighted by molar-refractivity contribution is 7.87. The van der Waals surface area contributed by atoms with Crippen LogP contribution in [-0.4, -0.2) is 38.2 Å². The maximum absolute atomic E-state index is 11.8. The monoisotopic (exact) mass is 248 g/mol. The van der Waals surface area contributed by atoms with Crippen LogP contribution in [0.25, 0.3) is 0 Å².